The van der Waals surface area contributed by atoms with Crippen molar-refractivity contribution in [3.8, 4) is 11.4 Å². The summed E-state index contributed by atoms with van der Waals surface area (Å²) in [6.07, 6.45) is 12.4. The maximum atomic E-state index is 10.8. The molecule has 2 aromatic rings. The fourth-order valence-electron chi connectivity index (χ4n) is 3.16. The first kappa shape index (κ1) is 25.1. The van der Waals surface area contributed by atoms with Gasteiger partial charge in [-0.25, -0.2) is 0 Å². The molecule has 1 atom stereocenters. The van der Waals surface area contributed by atoms with E-state index in [9.17, 15) is 4.79 Å². The van der Waals surface area contributed by atoms with Gasteiger partial charge in [-0.1, -0.05) is 81.3 Å². The number of aryl methyl sites for hydroxylation is 2. The SMILES string of the molecule is CCCCCCCCCCc1ccc(-c2noc(CC[C@@H](N)C(=O)O)n2)cc1.Cl. The standard InChI is InChI=1S/C22H33N3O3.ClH/c1-2-3-4-5-6-7-8-9-10-17-11-13-18(14-12-17)21-24-20(28-25-21)16-15-19(23)22(26)27;/h11-14,19H,2-10,15-16,23H2,1H3,(H,26,27);1H/t19-;/m1./s1. The molecule has 162 valence electrons. The second kappa shape index (κ2) is 14.1. The molecule has 0 fully saturated rings. The van der Waals surface area contributed by atoms with E-state index in [0.717, 1.165) is 12.0 Å². The average molecular weight is 424 g/mol. The summed E-state index contributed by atoms with van der Waals surface area (Å²) in [5.41, 5.74) is 7.72. The lowest BCUT2D eigenvalue weighted by Gasteiger charge is -2.03. The number of halogens is 1. The summed E-state index contributed by atoms with van der Waals surface area (Å²) in [6.45, 7) is 2.25. The molecular weight excluding hydrogens is 390 g/mol. The maximum absolute atomic E-state index is 10.8. The van der Waals surface area contributed by atoms with Gasteiger partial charge >= 0.3 is 5.97 Å². The molecule has 1 aromatic heterocycles. The number of benzene rings is 1. The maximum Gasteiger partial charge on any atom is 0.320 e. The minimum atomic E-state index is -1.02. The molecule has 0 unspecified atom stereocenters. The molecule has 0 aliphatic heterocycles. The highest BCUT2D eigenvalue weighted by Crippen LogP contribution is 2.19. The van der Waals surface area contributed by atoms with Crippen molar-refractivity contribution in [3.05, 3.63) is 35.7 Å². The van der Waals surface area contributed by atoms with Crippen LogP contribution in [0, 0.1) is 0 Å². The van der Waals surface area contributed by atoms with Crippen molar-refractivity contribution in [1.82, 2.24) is 10.1 Å². The third-order valence-corrected chi connectivity index (χ3v) is 4.99. The summed E-state index contributed by atoms with van der Waals surface area (Å²) in [5.74, 6) is -0.0842. The summed E-state index contributed by atoms with van der Waals surface area (Å²) in [4.78, 5) is 15.1. The largest absolute Gasteiger partial charge is 0.480 e. The Bertz CT molecular complexity index is 704. The van der Waals surface area contributed by atoms with Crippen LogP contribution in [0.2, 0.25) is 0 Å². The van der Waals surface area contributed by atoms with Crippen molar-refractivity contribution in [2.24, 2.45) is 5.73 Å². The molecule has 3 N–H and O–H groups in total. The number of carboxylic acids is 1. The predicted octanol–water partition coefficient (Wildman–Crippen LogP) is 5.19. The van der Waals surface area contributed by atoms with Gasteiger partial charge in [-0.15, -0.1) is 12.4 Å². The Labute approximate surface area is 179 Å². The van der Waals surface area contributed by atoms with E-state index in [-0.39, 0.29) is 18.8 Å². The van der Waals surface area contributed by atoms with Gasteiger partial charge in [-0.05, 0) is 24.8 Å². The molecule has 29 heavy (non-hydrogen) atoms. The Morgan fingerprint density at radius 3 is 2.28 bits per heavy atom. The summed E-state index contributed by atoms with van der Waals surface area (Å²) in [7, 11) is 0. The highest BCUT2D eigenvalue weighted by molar-refractivity contribution is 5.85. The van der Waals surface area contributed by atoms with Crippen molar-refractivity contribution in [1.29, 1.82) is 0 Å². The van der Waals surface area contributed by atoms with Crippen molar-refractivity contribution in [2.45, 2.75) is 83.6 Å². The molecule has 0 bridgehead atoms. The summed E-state index contributed by atoms with van der Waals surface area (Å²) in [6, 6.07) is 7.35. The van der Waals surface area contributed by atoms with Gasteiger partial charge in [0.1, 0.15) is 6.04 Å². The third-order valence-electron chi connectivity index (χ3n) is 4.99. The lowest BCUT2D eigenvalue weighted by atomic mass is 10.0. The second-order valence-corrected chi connectivity index (χ2v) is 7.42. The Kier molecular flexibility index (Phi) is 12.2. The Morgan fingerprint density at radius 2 is 1.66 bits per heavy atom. The van der Waals surface area contributed by atoms with Crippen molar-refractivity contribution in [2.75, 3.05) is 0 Å². The van der Waals surface area contributed by atoms with Crippen molar-refractivity contribution in [3.63, 3.8) is 0 Å². The van der Waals surface area contributed by atoms with Gasteiger partial charge in [0.15, 0.2) is 0 Å². The summed E-state index contributed by atoms with van der Waals surface area (Å²) < 4.78 is 5.20. The van der Waals surface area contributed by atoms with Crippen LogP contribution in [0.4, 0.5) is 0 Å². The molecule has 0 saturated heterocycles. The van der Waals surface area contributed by atoms with Gasteiger partial charge < -0.3 is 15.4 Å². The van der Waals surface area contributed by atoms with Crippen molar-refractivity contribution >= 4 is 18.4 Å². The number of hydrogen-bond acceptors (Lipinski definition) is 5. The molecule has 2 rings (SSSR count). The molecule has 1 aromatic carbocycles. The number of rotatable bonds is 14. The fraction of sp³-hybridized carbons (Fsp3) is 0.591. The van der Waals surface area contributed by atoms with E-state index < -0.39 is 12.0 Å². The molecule has 0 aliphatic carbocycles. The lowest BCUT2D eigenvalue weighted by molar-refractivity contribution is -0.138. The Hall–Kier alpha value is -1.92. The molecule has 6 nitrogen and oxygen atoms in total. The first-order valence-electron chi connectivity index (χ1n) is 10.5. The van der Waals surface area contributed by atoms with Crippen LogP contribution in [0.1, 0.15) is 76.2 Å². The molecule has 0 aliphatic rings. The van der Waals surface area contributed by atoms with Crippen LogP contribution in [0.25, 0.3) is 11.4 Å². The molecule has 1 heterocycles. The van der Waals surface area contributed by atoms with Gasteiger partial charge in [-0.3, -0.25) is 4.79 Å². The molecule has 7 heteroatoms. The quantitative estimate of drug-likeness (QED) is 0.405. The van der Waals surface area contributed by atoms with Crippen LogP contribution < -0.4 is 5.73 Å². The summed E-state index contributed by atoms with van der Waals surface area (Å²) in [5, 5.41) is 12.8. The average Bonchev–Trinajstić information content (AvgIpc) is 3.17. The smallest absolute Gasteiger partial charge is 0.320 e. The van der Waals surface area contributed by atoms with E-state index >= 15 is 0 Å². The number of unbranched alkanes of at least 4 members (excludes halogenated alkanes) is 7. The Morgan fingerprint density at radius 1 is 1.03 bits per heavy atom. The van der Waals surface area contributed by atoms with Gasteiger partial charge in [0.05, 0.1) is 0 Å². The van der Waals surface area contributed by atoms with E-state index in [1.54, 1.807) is 0 Å². The molecule has 0 saturated carbocycles. The number of aromatic nitrogens is 2. The topological polar surface area (TPSA) is 102 Å². The number of carboxylic acid groups (broad SMARTS) is 1. The fourth-order valence-corrected chi connectivity index (χ4v) is 3.16. The molecule has 0 spiro atoms. The third kappa shape index (κ3) is 9.41. The van der Waals surface area contributed by atoms with Crippen LogP contribution in [0.15, 0.2) is 28.8 Å². The van der Waals surface area contributed by atoms with Crippen LogP contribution in [0.3, 0.4) is 0 Å². The van der Waals surface area contributed by atoms with Crippen LogP contribution in [0.5, 0.6) is 0 Å². The molecule has 0 radical (unpaired) electrons. The van der Waals surface area contributed by atoms with Gasteiger partial charge in [0, 0.05) is 12.0 Å². The van der Waals surface area contributed by atoms with Gasteiger partial charge in [-0.2, -0.15) is 4.98 Å². The monoisotopic (exact) mass is 423 g/mol. The van der Waals surface area contributed by atoms with E-state index in [0.29, 0.717) is 18.1 Å². The zero-order valence-corrected chi connectivity index (χ0v) is 18.1. The van der Waals surface area contributed by atoms with Crippen LogP contribution in [-0.4, -0.2) is 27.3 Å². The number of hydrogen-bond donors (Lipinski definition) is 2. The van der Waals surface area contributed by atoms with Gasteiger partial charge in [0.2, 0.25) is 11.7 Å². The summed E-state index contributed by atoms with van der Waals surface area (Å²) >= 11 is 0. The first-order valence-corrected chi connectivity index (χ1v) is 10.5. The van der Waals surface area contributed by atoms with Crippen LogP contribution >= 0.6 is 12.4 Å². The normalized spacial score (nSPS) is 11.8. The number of carbonyl (C=O) groups is 1. The number of nitrogens with two attached hydrogens (primary N) is 1. The first-order chi connectivity index (χ1) is 13.6. The van der Waals surface area contributed by atoms with Crippen molar-refractivity contribution < 1.29 is 14.4 Å². The zero-order chi connectivity index (χ0) is 20.2. The van der Waals surface area contributed by atoms with E-state index in [1.807, 2.05) is 12.1 Å². The molecule has 0 amide bonds. The lowest BCUT2D eigenvalue weighted by Crippen LogP contribution is -2.30. The van der Waals surface area contributed by atoms with Gasteiger partial charge in [0.25, 0.3) is 0 Å². The predicted molar refractivity (Wildman–Crippen MR) is 117 cm³/mol. The minimum absolute atomic E-state index is 0. The minimum Gasteiger partial charge on any atom is -0.480 e. The second-order valence-electron chi connectivity index (χ2n) is 7.42. The van der Waals surface area contributed by atoms with E-state index in [4.69, 9.17) is 15.4 Å². The number of nitrogens with zero attached hydrogens (tertiary/aromatic N) is 2. The Balaban J connectivity index is 0.00000420. The van der Waals surface area contributed by atoms with Crippen LogP contribution in [-0.2, 0) is 17.6 Å². The van der Waals surface area contributed by atoms with E-state index in [2.05, 4.69) is 29.2 Å². The highest BCUT2D eigenvalue weighted by Gasteiger charge is 2.14. The zero-order valence-electron chi connectivity index (χ0n) is 17.3. The van der Waals surface area contributed by atoms with E-state index in [1.165, 1.54) is 56.9 Å². The number of aliphatic carboxylic acids is 1. The highest BCUT2D eigenvalue weighted by atomic mass is 35.5. The molecular formula is C22H34ClN3O3.